The van der Waals surface area contributed by atoms with E-state index in [1.165, 1.54) is 0 Å². The first-order chi connectivity index (χ1) is 9.49. The molecule has 3 rings (SSSR count). The van der Waals surface area contributed by atoms with E-state index in [1.54, 1.807) is 0 Å². The zero-order chi connectivity index (χ0) is 14.4. The maximum Gasteiger partial charge on any atom is 0.309 e. The summed E-state index contributed by atoms with van der Waals surface area (Å²) in [5.41, 5.74) is 3.21. The molecule has 0 aromatic heterocycles. The highest BCUT2D eigenvalue weighted by atomic mass is 16.4. The molecule has 106 valence electrons. The fourth-order valence-electron chi connectivity index (χ4n) is 3.28. The molecule has 4 heteroatoms. The van der Waals surface area contributed by atoms with Gasteiger partial charge in [-0.15, -0.1) is 0 Å². The Morgan fingerprint density at radius 1 is 1.30 bits per heavy atom. The van der Waals surface area contributed by atoms with Crippen LogP contribution in [0.25, 0.3) is 0 Å². The number of carboxylic acid groups (broad SMARTS) is 1. The smallest absolute Gasteiger partial charge is 0.309 e. The Labute approximate surface area is 118 Å². The molecule has 1 aliphatic heterocycles. The van der Waals surface area contributed by atoms with Gasteiger partial charge in [0, 0.05) is 12.5 Å². The van der Waals surface area contributed by atoms with Crippen LogP contribution < -0.4 is 0 Å². The van der Waals surface area contributed by atoms with E-state index in [2.05, 4.69) is 6.07 Å². The highest BCUT2D eigenvalue weighted by Crippen LogP contribution is 2.45. The van der Waals surface area contributed by atoms with Crippen LogP contribution in [0.3, 0.4) is 0 Å². The summed E-state index contributed by atoms with van der Waals surface area (Å²) in [5, 5.41) is 9.45. The first-order valence-electron chi connectivity index (χ1n) is 7.10. The number of amides is 1. The van der Waals surface area contributed by atoms with E-state index < -0.39 is 11.9 Å². The molecule has 0 radical (unpaired) electrons. The van der Waals surface area contributed by atoms with Crippen molar-refractivity contribution in [3.63, 3.8) is 0 Å². The third-order valence-electron chi connectivity index (χ3n) is 4.36. The molecule has 1 aromatic rings. The zero-order valence-corrected chi connectivity index (χ0v) is 11.8. The topological polar surface area (TPSA) is 57.6 Å². The second-order valence-electron chi connectivity index (χ2n) is 5.99. The van der Waals surface area contributed by atoms with E-state index in [-0.39, 0.29) is 24.4 Å². The molecule has 2 fully saturated rings. The van der Waals surface area contributed by atoms with Crippen molar-refractivity contribution >= 4 is 11.9 Å². The number of nitrogens with zero attached hydrogens (tertiary/aromatic N) is 1. The van der Waals surface area contributed by atoms with Gasteiger partial charge in [0.2, 0.25) is 5.91 Å². The van der Waals surface area contributed by atoms with E-state index in [0.29, 0.717) is 0 Å². The fourth-order valence-corrected chi connectivity index (χ4v) is 3.28. The number of hydrogen-bond acceptors (Lipinski definition) is 2. The van der Waals surface area contributed by atoms with E-state index in [9.17, 15) is 14.7 Å². The number of carboxylic acids is 1. The van der Waals surface area contributed by atoms with Gasteiger partial charge in [0.1, 0.15) is 0 Å². The summed E-state index contributed by atoms with van der Waals surface area (Å²) >= 11 is 0. The monoisotopic (exact) mass is 273 g/mol. The number of likely N-dealkylation sites (tertiary alicyclic amines) is 1. The Bertz CT molecular complexity index is 577. The van der Waals surface area contributed by atoms with Crippen LogP contribution in [-0.2, 0) is 9.59 Å². The lowest BCUT2D eigenvalue weighted by molar-refractivity contribution is -0.142. The van der Waals surface area contributed by atoms with Crippen LogP contribution in [0.4, 0.5) is 0 Å². The van der Waals surface area contributed by atoms with Gasteiger partial charge in [-0.1, -0.05) is 23.8 Å². The van der Waals surface area contributed by atoms with Crippen molar-refractivity contribution in [2.75, 3.05) is 0 Å². The van der Waals surface area contributed by atoms with Gasteiger partial charge < -0.3 is 10.0 Å². The Morgan fingerprint density at radius 3 is 2.55 bits per heavy atom. The highest BCUT2D eigenvalue weighted by Gasteiger charge is 2.50. The quantitative estimate of drug-likeness (QED) is 0.920. The molecule has 0 spiro atoms. The summed E-state index contributed by atoms with van der Waals surface area (Å²) in [6.07, 6.45) is 2.13. The van der Waals surface area contributed by atoms with Gasteiger partial charge in [-0.25, -0.2) is 0 Å². The Balaban J connectivity index is 2.05. The van der Waals surface area contributed by atoms with Crippen molar-refractivity contribution in [3.8, 4) is 0 Å². The van der Waals surface area contributed by atoms with Gasteiger partial charge in [0.15, 0.2) is 0 Å². The fraction of sp³-hybridized carbons (Fsp3) is 0.500. The summed E-state index contributed by atoms with van der Waals surface area (Å²) in [7, 11) is 0. The lowest BCUT2D eigenvalue weighted by atomic mass is 9.90. The van der Waals surface area contributed by atoms with Gasteiger partial charge in [0.05, 0.1) is 12.0 Å². The lowest BCUT2D eigenvalue weighted by Crippen LogP contribution is -2.32. The van der Waals surface area contributed by atoms with E-state index in [4.69, 9.17) is 0 Å². The molecule has 0 bridgehead atoms. The maximum absolute atomic E-state index is 12.2. The molecule has 1 N–H and O–H groups in total. The largest absolute Gasteiger partial charge is 0.481 e. The van der Waals surface area contributed by atoms with Crippen LogP contribution in [0, 0.1) is 19.8 Å². The molecule has 1 heterocycles. The third-order valence-corrected chi connectivity index (χ3v) is 4.36. The number of benzene rings is 1. The minimum atomic E-state index is -0.869. The number of carbonyl (C=O) groups is 2. The molecular weight excluding hydrogens is 254 g/mol. The molecule has 2 atom stereocenters. The summed E-state index contributed by atoms with van der Waals surface area (Å²) in [6.45, 7) is 4.01. The van der Waals surface area contributed by atoms with Crippen molar-refractivity contribution in [1.29, 1.82) is 0 Å². The molecule has 20 heavy (non-hydrogen) atoms. The average molecular weight is 273 g/mol. The lowest BCUT2D eigenvalue weighted by Gasteiger charge is -2.28. The molecule has 1 saturated carbocycles. The van der Waals surface area contributed by atoms with Gasteiger partial charge in [-0.3, -0.25) is 9.59 Å². The Kier molecular flexibility index (Phi) is 3.04. The molecule has 1 aliphatic carbocycles. The van der Waals surface area contributed by atoms with Gasteiger partial charge >= 0.3 is 5.97 Å². The second kappa shape index (κ2) is 4.62. The SMILES string of the molecule is Cc1ccc(C2C(C(=O)O)CC(=O)N2C2CC2)c(C)c1. The molecule has 1 saturated heterocycles. The van der Waals surface area contributed by atoms with Crippen LogP contribution in [-0.4, -0.2) is 27.9 Å². The van der Waals surface area contributed by atoms with Crippen LogP contribution in [0.1, 0.15) is 42.0 Å². The summed E-state index contributed by atoms with van der Waals surface area (Å²) in [5.74, 6) is -1.50. The van der Waals surface area contributed by atoms with E-state index in [0.717, 1.165) is 29.5 Å². The van der Waals surface area contributed by atoms with Gasteiger partial charge in [-0.05, 0) is 37.8 Å². The number of rotatable bonds is 3. The van der Waals surface area contributed by atoms with Crippen molar-refractivity contribution < 1.29 is 14.7 Å². The summed E-state index contributed by atoms with van der Waals surface area (Å²) in [4.78, 5) is 25.5. The summed E-state index contributed by atoms with van der Waals surface area (Å²) in [6, 6.07) is 5.99. The predicted octanol–water partition coefficient (Wildman–Crippen LogP) is 2.44. The van der Waals surface area contributed by atoms with Gasteiger partial charge in [0.25, 0.3) is 0 Å². The molecular formula is C16H19NO3. The Morgan fingerprint density at radius 2 is 2.00 bits per heavy atom. The number of aliphatic carboxylic acids is 1. The van der Waals surface area contributed by atoms with Crippen molar-refractivity contribution in [3.05, 3.63) is 34.9 Å². The minimum Gasteiger partial charge on any atom is -0.481 e. The van der Waals surface area contributed by atoms with Crippen molar-refractivity contribution in [2.45, 2.75) is 45.2 Å². The second-order valence-corrected chi connectivity index (χ2v) is 5.99. The molecule has 1 amide bonds. The molecule has 2 unspecified atom stereocenters. The average Bonchev–Trinajstić information content (AvgIpc) is 3.13. The minimum absolute atomic E-state index is 0.00937. The first-order valence-corrected chi connectivity index (χ1v) is 7.10. The molecule has 2 aliphatic rings. The zero-order valence-electron chi connectivity index (χ0n) is 11.8. The Hall–Kier alpha value is -1.84. The first kappa shape index (κ1) is 13.2. The van der Waals surface area contributed by atoms with Crippen LogP contribution in [0.15, 0.2) is 18.2 Å². The predicted molar refractivity (Wildman–Crippen MR) is 74.3 cm³/mol. The van der Waals surface area contributed by atoms with E-state index >= 15 is 0 Å². The van der Waals surface area contributed by atoms with Crippen LogP contribution in [0.2, 0.25) is 0 Å². The van der Waals surface area contributed by atoms with Crippen LogP contribution in [0.5, 0.6) is 0 Å². The van der Waals surface area contributed by atoms with Crippen molar-refractivity contribution in [2.24, 2.45) is 5.92 Å². The number of aryl methyl sites for hydroxylation is 2. The molecule has 1 aromatic carbocycles. The highest BCUT2D eigenvalue weighted by molar-refractivity contribution is 5.88. The summed E-state index contributed by atoms with van der Waals surface area (Å²) < 4.78 is 0. The van der Waals surface area contributed by atoms with Crippen molar-refractivity contribution in [1.82, 2.24) is 4.90 Å². The normalized spacial score (nSPS) is 26.1. The molecule has 4 nitrogen and oxygen atoms in total. The number of carbonyl (C=O) groups excluding carboxylic acids is 1. The van der Waals surface area contributed by atoms with Crippen LogP contribution >= 0.6 is 0 Å². The maximum atomic E-state index is 12.2. The third kappa shape index (κ3) is 2.09. The number of hydrogen-bond donors (Lipinski definition) is 1. The van der Waals surface area contributed by atoms with Gasteiger partial charge in [-0.2, -0.15) is 0 Å². The standard InChI is InChI=1S/C16H19NO3/c1-9-3-6-12(10(2)7-9)15-13(16(19)20)8-14(18)17(15)11-4-5-11/h3,6-7,11,13,15H,4-5,8H2,1-2H3,(H,19,20). The van der Waals surface area contributed by atoms with E-state index in [1.807, 2.05) is 30.9 Å².